The van der Waals surface area contributed by atoms with Gasteiger partial charge in [0.05, 0.1) is 7.11 Å². The Hall–Kier alpha value is -2.37. The van der Waals surface area contributed by atoms with Crippen LogP contribution < -0.4 is 0 Å². The molecule has 0 spiro atoms. The van der Waals surface area contributed by atoms with Crippen molar-refractivity contribution in [3.63, 3.8) is 0 Å². The first-order valence-corrected chi connectivity index (χ1v) is 7.16. The molecule has 2 heterocycles. The van der Waals surface area contributed by atoms with Gasteiger partial charge in [0.25, 0.3) is 5.91 Å². The fraction of sp³-hybridized carbons (Fsp3) is 0.375. The Balaban J connectivity index is 2.29. The number of esters is 1. The molecule has 0 bridgehead atoms. The van der Waals surface area contributed by atoms with E-state index >= 15 is 0 Å². The molecular weight excluding hydrogens is 287 g/mol. The zero-order chi connectivity index (χ0) is 15.9. The molecule has 0 fully saturated rings. The third-order valence-electron chi connectivity index (χ3n) is 4.11. The van der Waals surface area contributed by atoms with Crippen LogP contribution in [0.1, 0.15) is 22.5 Å². The van der Waals surface area contributed by atoms with E-state index in [0.29, 0.717) is 29.6 Å². The van der Waals surface area contributed by atoms with Gasteiger partial charge in [0.2, 0.25) is 0 Å². The molecule has 0 N–H and O–H groups in total. The Morgan fingerprint density at radius 3 is 2.91 bits per heavy atom. The number of amides is 1. The standard InChI is InChI=1S/C16H17FN2O3/c1-18-7-3-4-11-12-8-10(17)5-6-13(12)19(9-14(20)22-2)15(11)16(18)21/h5-6,8H,3-4,7,9H2,1-2H3. The van der Waals surface area contributed by atoms with Crippen molar-refractivity contribution in [2.45, 2.75) is 19.4 Å². The van der Waals surface area contributed by atoms with Gasteiger partial charge < -0.3 is 14.2 Å². The minimum Gasteiger partial charge on any atom is -0.468 e. The Morgan fingerprint density at radius 1 is 1.41 bits per heavy atom. The van der Waals surface area contributed by atoms with Crippen molar-refractivity contribution in [1.29, 1.82) is 0 Å². The zero-order valence-electron chi connectivity index (χ0n) is 12.6. The summed E-state index contributed by atoms with van der Waals surface area (Å²) in [4.78, 5) is 26.0. The maximum absolute atomic E-state index is 13.6. The molecule has 0 saturated heterocycles. The van der Waals surface area contributed by atoms with Crippen LogP contribution in [-0.2, 0) is 22.5 Å². The molecular formula is C16H17FN2O3. The molecule has 2 aromatic rings. The number of benzene rings is 1. The molecule has 0 radical (unpaired) electrons. The average molecular weight is 304 g/mol. The van der Waals surface area contributed by atoms with Crippen LogP contribution in [0.4, 0.5) is 4.39 Å². The first kappa shape index (κ1) is 14.6. The van der Waals surface area contributed by atoms with Crippen molar-refractivity contribution in [3.05, 3.63) is 35.3 Å². The largest absolute Gasteiger partial charge is 0.468 e. The summed E-state index contributed by atoms with van der Waals surface area (Å²) < 4.78 is 20.0. The van der Waals surface area contributed by atoms with Crippen LogP contribution >= 0.6 is 0 Å². The fourth-order valence-corrected chi connectivity index (χ4v) is 3.03. The van der Waals surface area contributed by atoms with Crippen LogP contribution in [0, 0.1) is 5.82 Å². The minimum atomic E-state index is -0.441. The molecule has 1 aliphatic rings. The molecule has 0 aliphatic carbocycles. The molecule has 6 heteroatoms. The van der Waals surface area contributed by atoms with Crippen molar-refractivity contribution < 1.29 is 18.7 Å². The summed E-state index contributed by atoms with van der Waals surface area (Å²) in [6.45, 7) is 0.579. The van der Waals surface area contributed by atoms with Crippen molar-refractivity contribution in [2.24, 2.45) is 0 Å². The maximum atomic E-state index is 13.6. The predicted molar refractivity (Wildman–Crippen MR) is 79.2 cm³/mol. The monoisotopic (exact) mass is 304 g/mol. The van der Waals surface area contributed by atoms with Crippen LogP contribution in [0.3, 0.4) is 0 Å². The molecule has 0 saturated carbocycles. The van der Waals surface area contributed by atoms with Crippen LogP contribution in [0.25, 0.3) is 10.9 Å². The van der Waals surface area contributed by atoms with Gasteiger partial charge in [0.15, 0.2) is 0 Å². The molecule has 5 nitrogen and oxygen atoms in total. The maximum Gasteiger partial charge on any atom is 0.325 e. The molecule has 1 amide bonds. The lowest BCUT2D eigenvalue weighted by atomic mass is 10.1. The lowest BCUT2D eigenvalue weighted by Crippen LogP contribution is -2.29. The number of aryl methyl sites for hydroxylation is 1. The van der Waals surface area contributed by atoms with Gasteiger partial charge in [-0.3, -0.25) is 9.59 Å². The third-order valence-corrected chi connectivity index (χ3v) is 4.11. The van der Waals surface area contributed by atoms with Crippen LogP contribution in [0.15, 0.2) is 18.2 Å². The smallest absolute Gasteiger partial charge is 0.325 e. The molecule has 1 aromatic heterocycles. The van der Waals surface area contributed by atoms with E-state index in [4.69, 9.17) is 4.74 Å². The highest BCUT2D eigenvalue weighted by atomic mass is 19.1. The summed E-state index contributed by atoms with van der Waals surface area (Å²) in [5, 5.41) is 0.697. The van der Waals surface area contributed by atoms with Crippen LogP contribution in [0.2, 0.25) is 0 Å². The number of fused-ring (bicyclic) bond motifs is 3. The summed E-state index contributed by atoms with van der Waals surface area (Å²) >= 11 is 0. The van der Waals surface area contributed by atoms with Gasteiger partial charge in [-0.05, 0) is 36.6 Å². The van der Waals surface area contributed by atoms with E-state index in [2.05, 4.69) is 0 Å². The second kappa shape index (κ2) is 5.44. The normalized spacial score (nSPS) is 14.9. The van der Waals surface area contributed by atoms with Crippen molar-refractivity contribution >= 4 is 22.8 Å². The highest BCUT2D eigenvalue weighted by Gasteiger charge is 2.28. The average Bonchev–Trinajstić information content (AvgIpc) is 2.70. The van der Waals surface area contributed by atoms with E-state index in [0.717, 1.165) is 12.0 Å². The van der Waals surface area contributed by atoms with Gasteiger partial charge in [0.1, 0.15) is 18.1 Å². The van der Waals surface area contributed by atoms with Gasteiger partial charge in [-0.15, -0.1) is 0 Å². The van der Waals surface area contributed by atoms with E-state index < -0.39 is 5.97 Å². The number of hydrogen-bond donors (Lipinski definition) is 0. The van der Waals surface area contributed by atoms with Crippen molar-refractivity contribution in [2.75, 3.05) is 20.7 Å². The van der Waals surface area contributed by atoms with Gasteiger partial charge in [-0.1, -0.05) is 0 Å². The van der Waals surface area contributed by atoms with Gasteiger partial charge >= 0.3 is 5.97 Å². The Kier molecular flexibility index (Phi) is 3.60. The second-order valence-electron chi connectivity index (χ2n) is 5.48. The number of aromatic nitrogens is 1. The van der Waals surface area contributed by atoms with Gasteiger partial charge in [-0.25, -0.2) is 4.39 Å². The van der Waals surface area contributed by atoms with E-state index in [1.165, 1.54) is 19.2 Å². The first-order valence-electron chi connectivity index (χ1n) is 7.16. The van der Waals surface area contributed by atoms with E-state index in [-0.39, 0.29) is 18.3 Å². The minimum absolute atomic E-state index is 0.0620. The topological polar surface area (TPSA) is 51.5 Å². The number of ether oxygens (including phenoxy) is 1. The number of nitrogens with zero attached hydrogens (tertiary/aromatic N) is 2. The number of methoxy groups -OCH3 is 1. The zero-order valence-corrected chi connectivity index (χ0v) is 12.6. The molecule has 0 atom stereocenters. The molecule has 0 unspecified atom stereocenters. The molecule has 1 aliphatic heterocycles. The fourth-order valence-electron chi connectivity index (χ4n) is 3.03. The molecule has 22 heavy (non-hydrogen) atoms. The SMILES string of the molecule is COC(=O)Cn1c2c(c3cc(F)ccc31)CCCN(C)C2=O. The lowest BCUT2D eigenvalue weighted by Gasteiger charge is -2.16. The summed E-state index contributed by atoms with van der Waals surface area (Å²) in [5.41, 5.74) is 1.96. The van der Waals surface area contributed by atoms with Crippen molar-refractivity contribution in [3.8, 4) is 0 Å². The Labute approximate surface area is 127 Å². The van der Waals surface area contributed by atoms with E-state index in [1.54, 1.807) is 22.6 Å². The third kappa shape index (κ3) is 2.24. The highest BCUT2D eigenvalue weighted by molar-refractivity contribution is 6.02. The Morgan fingerprint density at radius 2 is 2.18 bits per heavy atom. The number of carbonyl (C=O) groups excluding carboxylic acids is 2. The lowest BCUT2D eigenvalue weighted by molar-refractivity contribution is -0.141. The molecule has 116 valence electrons. The summed E-state index contributed by atoms with van der Waals surface area (Å²) in [5.74, 6) is -0.938. The summed E-state index contributed by atoms with van der Waals surface area (Å²) in [6.07, 6.45) is 1.49. The van der Waals surface area contributed by atoms with E-state index in [9.17, 15) is 14.0 Å². The second-order valence-corrected chi connectivity index (χ2v) is 5.48. The van der Waals surface area contributed by atoms with Gasteiger partial charge in [-0.2, -0.15) is 0 Å². The highest BCUT2D eigenvalue weighted by Crippen LogP contribution is 2.31. The van der Waals surface area contributed by atoms with Gasteiger partial charge in [0, 0.05) is 24.5 Å². The predicted octanol–water partition coefficient (Wildman–Crippen LogP) is 1.97. The number of halogens is 1. The number of carbonyl (C=O) groups is 2. The van der Waals surface area contributed by atoms with E-state index in [1.807, 2.05) is 0 Å². The summed E-state index contributed by atoms with van der Waals surface area (Å²) in [7, 11) is 3.04. The number of rotatable bonds is 2. The first-order chi connectivity index (χ1) is 10.5. The van der Waals surface area contributed by atoms with Crippen LogP contribution in [0.5, 0.6) is 0 Å². The van der Waals surface area contributed by atoms with Crippen molar-refractivity contribution in [1.82, 2.24) is 9.47 Å². The quantitative estimate of drug-likeness (QED) is 0.797. The molecule has 1 aromatic carbocycles. The van der Waals surface area contributed by atoms with Crippen LogP contribution in [-0.4, -0.2) is 42.0 Å². The Bertz CT molecular complexity index is 766. The summed E-state index contributed by atoms with van der Waals surface area (Å²) in [6, 6.07) is 4.37. The number of hydrogen-bond acceptors (Lipinski definition) is 3. The molecule has 3 rings (SSSR count).